The number of nitrogens with one attached hydrogen (secondary N) is 2. The summed E-state index contributed by atoms with van der Waals surface area (Å²) in [5.74, 6) is 3.29. The van der Waals surface area contributed by atoms with E-state index in [9.17, 15) is 4.79 Å². The van der Waals surface area contributed by atoms with Crippen molar-refractivity contribution in [3.63, 3.8) is 0 Å². The minimum atomic E-state index is -0.292. The van der Waals surface area contributed by atoms with E-state index < -0.39 is 0 Å². The number of hydrogen-bond acceptors (Lipinski definition) is 3. The van der Waals surface area contributed by atoms with Crippen molar-refractivity contribution in [2.24, 2.45) is 5.92 Å². The van der Waals surface area contributed by atoms with Crippen LogP contribution in [0.2, 0.25) is 0 Å². The van der Waals surface area contributed by atoms with Crippen molar-refractivity contribution < 1.29 is 14.6 Å². The van der Waals surface area contributed by atoms with Crippen LogP contribution in [0, 0.1) is 18.3 Å². The van der Waals surface area contributed by atoms with E-state index in [1.807, 2.05) is 13.8 Å². The molecule has 0 aliphatic carbocycles. The van der Waals surface area contributed by atoms with Crippen LogP contribution >= 0.6 is 0 Å². The molecule has 1 aromatic rings. The number of aliphatic hydroxyl groups is 1. The molecule has 0 aromatic heterocycles. The molecule has 0 saturated carbocycles. The summed E-state index contributed by atoms with van der Waals surface area (Å²) in [6.07, 6.45) is 5.64. The lowest BCUT2D eigenvalue weighted by molar-refractivity contribution is 0.227. The average molecular weight is 290 g/mol. The minimum Gasteiger partial charge on any atom is -0.481 e. The van der Waals surface area contributed by atoms with Crippen LogP contribution in [-0.2, 0) is 0 Å². The van der Waals surface area contributed by atoms with Gasteiger partial charge in [0.15, 0.2) is 0 Å². The summed E-state index contributed by atoms with van der Waals surface area (Å²) in [4.78, 5) is 11.9. The van der Waals surface area contributed by atoms with Crippen LogP contribution in [0.15, 0.2) is 24.3 Å². The topological polar surface area (TPSA) is 70.6 Å². The van der Waals surface area contributed by atoms with Crippen molar-refractivity contribution in [2.75, 3.05) is 18.5 Å². The van der Waals surface area contributed by atoms with Crippen molar-refractivity contribution in [3.05, 3.63) is 24.3 Å². The van der Waals surface area contributed by atoms with Gasteiger partial charge in [-0.15, -0.1) is 6.42 Å². The summed E-state index contributed by atoms with van der Waals surface area (Å²) in [6, 6.07) is 6.60. The molecular formula is C16H22N2O3. The van der Waals surface area contributed by atoms with Gasteiger partial charge in [0.1, 0.15) is 12.4 Å². The van der Waals surface area contributed by atoms with Crippen LogP contribution in [0.25, 0.3) is 0 Å². The van der Waals surface area contributed by atoms with Gasteiger partial charge in [0.25, 0.3) is 0 Å². The first-order valence-electron chi connectivity index (χ1n) is 6.91. The van der Waals surface area contributed by atoms with Crippen LogP contribution in [-0.4, -0.2) is 30.4 Å². The Morgan fingerprint density at radius 2 is 2.05 bits per heavy atom. The average Bonchev–Trinajstić information content (AvgIpc) is 2.46. The first-order valence-corrected chi connectivity index (χ1v) is 6.91. The molecule has 0 bridgehead atoms. The fourth-order valence-corrected chi connectivity index (χ4v) is 1.81. The van der Waals surface area contributed by atoms with Crippen molar-refractivity contribution in [3.8, 4) is 18.1 Å². The number of carbonyl (C=O) groups excluding carboxylic acids is 1. The fraction of sp³-hybridized carbons (Fsp3) is 0.438. The van der Waals surface area contributed by atoms with Gasteiger partial charge in [-0.25, -0.2) is 4.79 Å². The second-order valence-electron chi connectivity index (χ2n) is 4.98. The number of benzene rings is 1. The Kier molecular flexibility index (Phi) is 7.13. The number of rotatable bonds is 7. The third-order valence-corrected chi connectivity index (χ3v) is 3.00. The smallest absolute Gasteiger partial charge is 0.319 e. The van der Waals surface area contributed by atoms with E-state index >= 15 is 0 Å². The van der Waals surface area contributed by atoms with Crippen LogP contribution in [0.4, 0.5) is 10.5 Å². The number of carbonyl (C=O) groups is 1. The van der Waals surface area contributed by atoms with Gasteiger partial charge < -0.3 is 20.5 Å². The van der Waals surface area contributed by atoms with Crippen LogP contribution in [0.1, 0.15) is 20.3 Å². The molecule has 0 saturated heterocycles. The third-order valence-electron chi connectivity index (χ3n) is 3.00. The van der Waals surface area contributed by atoms with Crippen LogP contribution in [0.3, 0.4) is 0 Å². The first kappa shape index (κ1) is 16.9. The fourth-order valence-electron chi connectivity index (χ4n) is 1.81. The summed E-state index contributed by atoms with van der Waals surface area (Å²) >= 11 is 0. The largest absolute Gasteiger partial charge is 0.481 e. The van der Waals surface area contributed by atoms with Crippen molar-refractivity contribution in [1.82, 2.24) is 5.32 Å². The second-order valence-corrected chi connectivity index (χ2v) is 4.98. The van der Waals surface area contributed by atoms with Crippen molar-refractivity contribution in [1.29, 1.82) is 0 Å². The van der Waals surface area contributed by atoms with Crippen LogP contribution in [0.5, 0.6) is 5.75 Å². The monoisotopic (exact) mass is 290 g/mol. The first-order chi connectivity index (χ1) is 10.1. The van der Waals surface area contributed by atoms with Gasteiger partial charge in [0.05, 0.1) is 0 Å². The highest BCUT2D eigenvalue weighted by Gasteiger charge is 2.15. The van der Waals surface area contributed by atoms with Gasteiger partial charge in [-0.05, 0) is 36.6 Å². The number of urea groups is 1. The van der Waals surface area contributed by atoms with E-state index in [1.165, 1.54) is 0 Å². The zero-order valence-corrected chi connectivity index (χ0v) is 12.4. The molecule has 21 heavy (non-hydrogen) atoms. The Morgan fingerprint density at radius 1 is 1.38 bits per heavy atom. The maximum atomic E-state index is 11.9. The predicted molar refractivity (Wildman–Crippen MR) is 83.3 cm³/mol. The molecule has 5 heteroatoms. The SMILES string of the molecule is C#CCOc1ccc(NC(=O)NC(CCO)C(C)C)cc1. The number of anilines is 1. The van der Waals surface area contributed by atoms with E-state index in [0.29, 0.717) is 17.9 Å². The minimum absolute atomic E-state index is 0.0460. The van der Waals surface area contributed by atoms with Crippen LogP contribution < -0.4 is 15.4 Å². The molecule has 0 fully saturated rings. The number of amides is 2. The molecule has 0 spiro atoms. The molecule has 0 radical (unpaired) electrons. The zero-order chi connectivity index (χ0) is 15.7. The molecule has 2 amide bonds. The van der Waals surface area contributed by atoms with Crippen molar-refractivity contribution in [2.45, 2.75) is 26.3 Å². The van der Waals surface area contributed by atoms with E-state index in [0.717, 1.165) is 0 Å². The Labute approximate surface area is 125 Å². The van der Waals surface area contributed by atoms with Gasteiger partial charge in [0, 0.05) is 18.3 Å². The van der Waals surface area contributed by atoms with E-state index in [4.69, 9.17) is 16.3 Å². The van der Waals surface area contributed by atoms with Gasteiger partial charge in [-0.1, -0.05) is 19.8 Å². The summed E-state index contributed by atoms with van der Waals surface area (Å²) in [7, 11) is 0. The molecule has 0 aliphatic heterocycles. The molecule has 0 aliphatic rings. The van der Waals surface area contributed by atoms with E-state index in [2.05, 4.69) is 16.6 Å². The molecule has 3 N–H and O–H groups in total. The summed E-state index contributed by atoms with van der Waals surface area (Å²) in [5, 5.41) is 14.6. The highest BCUT2D eigenvalue weighted by atomic mass is 16.5. The molecule has 1 unspecified atom stereocenters. The lowest BCUT2D eigenvalue weighted by Crippen LogP contribution is -2.41. The quantitative estimate of drug-likeness (QED) is 0.674. The van der Waals surface area contributed by atoms with Gasteiger partial charge >= 0.3 is 6.03 Å². The zero-order valence-electron chi connectivity index (χ0n) is 12.4. The summed E-state index contributed by atoms with van der Waals surface area (Å²) in [6.45, 7) is 4.26. The van der Waals surface area contributed by atoms with Crippen molar-refractivity contribution >= 4 is 11.7 Å². The lowest BCUT2D eigenvalue weighted by Gasteiger charge is -2.21. The van der Waals surface area contributed by atoms with Gasteiger partial charge in [-0.2, -0.15) is 0 Å². The molecule has 1 rings (SSSR count). The summed E-state index contributed by atoms with van der Waals surface area (Å²) in [5.41, 5.74) is 0.659. The second kappa shape index (κ2) is 8.88. The Bertz CT molecular complexity index is 477. The number of hydrogen-bond donors (Lipinski definition) is 3. The number of aliphatic hydroxyl groups excluding tert-OH is 1. The standard InChI is InChI=1S/C16H22N2O3/c1-4-11-21-14-7-5-13(6-8-14)17-16(20)18-15(9-10-19)12(2)3/h1,5-8,12,15,19H,9-11H2,2-3H3,(H2,17,18,20). The summed E-state index contributed by atoms with van der Waals surface area (Å²) < 4.78 is 5.25. The van der Waals surface area contributed by atoms with E-state index in [-0.39, 0.29) is 31.2 Å². The molecule has 1 atom stereocenters. The highest BCUT2D eigenvalue weighted by molar-refractivity contribution is 5.89. The Balaban J connectivity index is 2.52. The number of terminal acetylenes is 1. The normalized spacial score (nSPS) is 11.6. The highest BCUT2D eigenvalue weighted by Crippen LogP contribution is 2.15. The van der Waals surface area contributed by atoms with E-state index in [1.54, 1.807) is 24.3 Å². The van der Waals surface area contributed by atoms with Gasteiger partial charge in [0.2, 0.25) is 0 Å². The molecule has 114 valence electrons. The molecule has 0 heterocycles. The number of ether oxygens (including phenoxy) is 1. The van der Waals surface area contributed by atoms with Gasteiger partial charge in [-0.3, -0.25) is 0 Å². The molecular weight excluding hydrogens is 268 g/mol. The Morgan fingerprint density at radius 3 is 2.57 bits per heavy atom. The maximum absolute atomic E-state index is 11.9. The predicted octanol–water partition coefficient (Wildman–Crippen LogP) is 2.23. The maximum Gasteiger partial charge on any atom is 0.319 e. The Hall–Kier alpha value is -2.19. The molecule has 5 nitrogen and oxygen atoms in total. The lowest BCUT2D eigenvalue weighted by atomic mass is 10.0. The molecule has 1 aromatic carbocycles. The third kappa shape index (κ3) is 6.19.